The second kappa shape index (κ2) is 42.7. The highest BCUT2D eigenvalue weighted by atomic mass is 31.2. The van der Waals surface area contributed by atoms with Gasteiger partial charge in [0, 0.05) is 13.0 Å². The molecule has 318 valence electrons. The summed E-state index contributed by atoms with van der Waals surface area (Å²) in [7, 11) is -4.29. The van der Waals surface area contributed by atoms with Crippen molar-refractivity contribution in [3.05, 3.63) is 36.6 Å². The van der Waals surface area contributed by atoms with Gasteiger partial charge in [-0.25, -0.2) is 4.57 Å². The van der Waals surface area contributed by atoms with Gasteiger partial charge in [0.25, 0.3) is 0 Å². The Hall–Kier alpha value is -1.44. The molecule has 54 heavy (non-hydrogen) atoms. The minimum Gasteiger partial charge on any atom is -0.498 e. The third-order valence-corrected chi connectivity index (χ3v) is 10.6. The van der Waals surface area contributed by atoms with Crippen LogP contribution in [0.1, 0.15) is 213 Å². The van der Waals surface area contributed by atoms with Gasteiger partial charge in [-0.3, -0.25) is 13.8 Å². The van der Waals surface area contributed by atoms with E-state index in [1.54, 1.807) is 6.26 Å². The molecule has 0 heterocycles. The van der Waals surface area contributed by atoms with Crippen molar-refractivity contribution in [2.24, 2.45) is 5.73 Å². The van der Waals surface area contributed by atoms with Gasteiger partial charge in [-0.05, 0) is 57.4 Å². The Labute approximate surface area is 333 Å². The van der Waals surface area contributed by atoms with E-state index in [4.69, 9.17) is 24.3 Å². The summed E-state index contributed by atoms with van der Waals surface area (Å²) in [5.41, 5.74) is 5.37. The number of esters is 1. The Morgan fingerprint density at radius 1 is 0.574 bits per heavy atom. The number of hydrogen-bond donors (Lipinski definition) is 2. The van der Waals surface area contributed by atoms with Crippen molar-refractivity contribution in [1.29, 1.82) is 0 Å². The lowest BCUT2D eigenvalue weighted by Crippen LogP contribution is -2.27. The first-order valence-corrected chi connectivity index (χ1v) is 24.0. The minimum absolute atomic E-state index is 0.0308. The number of hydrogen-bond acceptors (Lipinski definition) is 7. The molecule has 9 heteroatoms. The van der Waals surface area contributed by atoms with Crippen molar-refractivity contribution in [2.45, 2.75) is 219 Å². The van der Waals surface area contributed by atoms with Crippen molar-refractivity contribution < 1.29 is 32.8 Å². The third-order valence-electron chi connectivity index (χ3n) is 9.62. The van der Waals surface area contributed by atoms with Crippen molar-refractivity contribution in [3.63, 3.8) is 0 Å². The van der Waals surface area contributed by atoms with Crippen LogP contribution in [-0.2, 0) is 27.9 Å². The van der Waals surface area contributed by atoms with Gasteiger partial charge in [-0.2, -0.15) is 0 Å². The van der Waals surface area contributed by atoms with Gasteiger partial charge in [-0.15, -0.1) is 0 Å². The summed E-state index contributed by atoms with van der Waals surface area (Å²) in [5, 5.41) is 0. The number of unbranched alkanes of at least 4 members (excludes halogenated alkanes) is 26. The highest BCUT2D eigenvalue weighted by Crippen LogP contribution is 2.43. The first-order chi connectivity index (χ1) is 26.4. The van der Waals surface area contributed by atoms with Crippen LogP contribution in [-0.4, -0.2) is 43.3 Å². The molecule has 8 nitrogen and oxygen atoms in total. The largest absolute Gasteiger partial charge is 0.498 e. The monoisotopic (exact) mass is 784 g/mol. The smallest absolute Gasteiger partial charge is 0.472 e. The highest BCUT2D eigenvalue weighted by Gasteiger charge is 2.25. The van der Waals surface area contributed by atoms with Gasteiger partial charge in [-0.1, -0.05) is 179 Å². The summed E-state index contributed by atoms with van der Waals surface area (Å²) in [5.74, 6) is -0.359. The molecular weight excluding hydrogens is 697 g/mol. The Morgan fingerprint density at radius 2 is 1.00 bits per heavy atom. The summed E-state index contributed by atoms with van der Waals surface area (Å²) in [4.78, 5) is 22.5. The second-order valence-electron chi connectivity index (χ2n) is 15.0. The first kappa shape index (κ1) is 52.6. The van der Waals surface area contributed by atoms with Crippen molar-refractivity contribution >= 4 is 13.8 Å². The Bertz CT molecular complexity index is 926. The number of ether oxygens (including phenoxy) is 2. The van der Waals surface area contributed by atoms with Crippen LogP contribution >= 0.6 is 7.82 Å². The zero-order chi connectivity index (χ0) is 39.5. The predicted molar refractivity (Wildman–Crippen MR) is 229 cm³/mol. The average Bonchev–Trinajstić information content (AvgIpc) is 3.16. The molecule has 0 rings (SSSR count). The highest BCUT2D eigenvalue weighted by molar-refractivity contribution is 7.47. The van der Waals surface area contributed by atoms with Gasteiger partial charge in [0.15, 0.2) is 6.10 Å². The number of rotatable bonds is 43. The SMILES string of the molecule is CCCCC/C=C/C/C=C/CCCCCCCCCC(=O)O[C@H](CO/C=C/CCCCCCCCCCCCCCCCCC)COP(=O)(O)OCCN. The molecule has 0 aromatic rings. The number of allylic oxidation sites excluding steroid dienone is 5. The number of phosphoric acid groups is 1. The maximum absolute atomic E-state index is 12.6. The first-order valence-electron chi connectivity index (χ1n) is 22.5. The quantitative estimate of drug-likeness (QED) is 0.0206. The van der Waals surface area contributed by atoms with E-state index in [0.717, 1.165) is 44.9 Å². The van der Waals surface area contributed by atoms with E-state index in [0.29, 0.717) is 6.42 Å². The maximum atomic E-state index is 12.6. The zero-order valence-electron chi connectivity index (χ0n) is 35.2. The van der Waals surface area contributed by atoms with Gasteiger partial charge in [0.05, 0.1) is 19.5 Å². The molecule has 0 bridgehead atoms. The van der Waals surface area contributed by atoms with Gasteiger partial charge in [0.1, 0.15) is 6.61 Å². The van der Waals surface area contributed by atoms with E-state index >= 15 is 0 Å². The molecule has 1 unspecified atom stereocenters. The molecule has 0 saturated carbocycles. The van der Waals surface area contributed by atoms with Crippen LogP contribution in [0.4, 0.5) is 0 Å². The number of carbonyl (C=O) groups is 1. The molecule has 0 aromatic heterocycles. The van der Waals surface area contributed by atoms with E-state index in [1.807, 2.05) is 6.08 Å². The molecule has 0 aromatic carbocycles. The molecule has 0 radical (unpaired) electrons. The lowest BCUT2D eigenvalue weighted by molar-refractivity contribution is -0.153. The maximum Gasteiger partial charge on any atom is 0.472 e. The molecule has 0 amide bonds. The minimum atomic E-state index is -4.29. The van der Waals surface area contributed by atoms with Crippen molar-refractivity contribution in [1.82, 2.24) is 0 Å². The fourth-order valence-corrected chi connectivity index (χ4v) is 7.05. The van der Waals surface area contributed by atoms with E-state index in [1.165, 1.54) is 148 Å². The van der Waals surface area contributed by atoms with Crippen LogP contribution < -0.4 is 5.73 Å². The van der Waals surface area contributed by atoms with Gasteiger partial charge < -0.3 is 20.1 Å². The fraction of sp³-hybridized carbons (Fsp3) is 0.844. The van der Waals surface area contributed by atoms with Crippen LogP contribution in [0.15, 0.2) is 36.6 Å². The number of nitrogens with two attached hydrogens (primary N) is 1. The molecule has 0 aliphatic rings. The molecular formula is C45H86NO7P. The fourth-order valence-electron chi connectivity index (χ4n) is 6.29. The van der Waals surface area contributed by atoms with Crippen LogP contribution in [0.3, 0.4) is 0 Å². The lowest BCUT2D eigenvalue weighted by Gasteiger charge is -2.19. The zero-order valence-corrected chi connectivity index (χ0v) is 36.1. The van der Waals surface area contributed by atoms with E-state index in [-0.39, 0.29) is 32.3 Å². The van der Waals surface area contributed by atoms with Crippen molar-refractivity contribution in [2.75, 3.05) is 26.4 Å². The predicted octanol–water partition coefficient (Wildman–Crippen LogP) is 13.8. The van der Waals surface area contributed by atoms with Gasteiger partial charge >= 0.3 is 13.8 Å². The summed E-state index contributed by atoms with van der Waals surface area (Å²) >= 11 is 0. The van der Waals surface area contributed by atoms with E-state index in [9.17, 15) is 14.3 Å². The Kier molecular flexibility index (Phi) is 41.6. The van der Waals surface area contributed by atoms with Gasteiger partial charge in [0.2, 0.25) is 0 Å². The lowest BCUT2D eigenvalue weighted by atomic mass is 10.0. The summed E-state index contributed by atoms with van der Waals surface area (Å²) in [6.45, 7) is 4.23. The molecule has 3 N–H and O–H groups in total. The van der Waals surface area contributed by atoms with Crippen LogP contribution in [0.25, 0.3) is 0 Å². The molecule has 0 aliphatic carbocycles. The summed E-state index contributed by atoms with van der Waals surface area (Å²) in [6.07, 6.45) is 49.7. The van der Waals surface area contributed by atoms with E-state index < -0.39 is 13.9 Å². The second-order valence-corrected chi connectivity index (χ2v) is 16.4. The van der Waals surface area contributed by atoms with E-state index in [2.05, 4.69) is 38.2 Å². The normalized spacial score (nSPS) is 13.7. The molecule has 2 atom stereocenters. The number of phosphoric ester groups is 1. The van der Waals surface area contributed by atoms with Crippen molar-refractivity contribution in [3.8, 4) is 0 Å². The van der Waals surface area contributed by atoms with Crippen LogP contribution in [0.2, 0.25) is 0 Å². The standard InChI is InChI=1S/C45H86NO7P/c1-3-5-7-9-11-13-15-17-19-21-23-25-27-29-31-33-35-37-40-50-42-44(43-52-54(48,49)51-41-39-46)53-45(47)38-36-34-32-30-28-26-24-22-20-18-16-14-12-10-8-6-4-2/h12,14,18,20,37,40,44H,3-11,13,15-17,19,21-36,38-39,41-43,46H2,1-2H3,(H,48,49)/b14-12+,20-18+,40-37+/t44-/m1/s1. The average molecular weight is 784 g/mol. The number of carbonyl (C=O) groups excluding carboxylic acids is 1. The topological polar surface area (TPSA) is 117 Å². The molecule has 0 spiro atoms. The van der Waals surface area contributed by atoms with Crippen LogP contribution in [0, 0.1) is 0 Å². The molecule has 0 fully saturated rings. The summed E-state index contributed by atoms with van der Waals surface area (Å²) < 4.78 is 33.2. The Morgan fingerprint density at radius 3 is 1.50 bits per heavy atom. The Balaban J connectivity index is 4.06. The summed E-state index contributed by atoms with van der Waals surface area (Å²) in [6, 6.07) is 0. The molecule has 0 saturated heterocycles. The van der Waals surface area contributed by atoms with Crippen LogP contribution in [0.5, 0.6) is 0 Å². The third kappa shape index (κ3) is 41.7. The molecule has 0 aliphatic heterocycles.